The third-order valence-electron chi connectivity index (χ3n) is 4.84. The Morgan fingerprint density at radius 1 is 1.13 bits per heavy atom. The molecule has 0 radical (unpaired) electrons. The molecule has 0 unspecified atom stereocenters. The van der Waals surface area contributed by atoms with E-state index in [-0.39, 0.29) is 30.8 Å². The van der Waals surface area contributed by atoms with E-state index in [1.165, 1.54) is 35.6 Å². The number of rotatable bonds is 7. The third-order valence-corrected chi connectivity index (χ3v) is 6.05. The predicted octanol–water partition coefficient (Wildman–Crippen LogP) is 4.31. The number of thiophene rings is 1. The van der Waals surface area contributed by atoms with Crippen LogP contribution in [0.25, 0.3) is 0 Å². The second kappa shape index (κ2) is 9.13. The van der Waals surface area contributed by atoms with Crippen molar-refractivity contribution in [3.8, 4) is 5.75 Å². The molecule has 2 heterocycles. The van der Waals surface area contributed by atoms with Crippen LogP contribution in [0.1, 0.15) is 39.4 Å². The van der Waals surface area contributed by atoms with Crippen LogP contribution in [0.2, 0.25) is 0 Å². The summed E-state index contributed by atoms with van der Waals surface area (Å²) in [6.07, 6.45) is 5.36. The van der Waals surface area contributed by atoms with E-state index in [1.807, 2.05) is 0 Å². The lowest BCUT2D eigenvalue weighted by Crippen LogP contribution is -2.26. The van der Waals surface area contributed by atoms with Crippen molar-refractivity contribution in [2.45, 2.75) is 32.2 Å². The predicted molar refractivity (Wildman–Crippen MR) is 111 cm³/mol. The van der Waals surface area contributed by atoms with E-state index in [2.05, 4.69) is 10.6 Å². The Bertz CT molecular complexity index is 1030. The maximum Gasteiger partial charge on any atom is 0.262 e. The van der Waals surface area contributed by atoms with Crippen LogP contribution in [0.15, 0.2) is 47.1 Å². The fourth-order valence-electron chi connectivity index (χ4n) is 3.41. The first kappa shape index (κ1) is 20.2. The molecule has 0 fully saturated rings. The number of anilines is 1. The molecule has 0 spiro atoms. The van der Waals surface area contributed by atoms with Crippen molar-refractivity contribution in [3.05, 3.63) is 70.2 Å². The molecule has 3 aromatic rings. The highest BCUT2D eigenvalue weighted by Crippen LogP contribution is 2.38. The Morgan fingerprint density at radius 3 is 2.70 bits per heavy atom. The van der Waals surface area contributed by atoms with E-state index in [0.717, 1.165) is 36.1 Å². The number of nitrogens with one attached hydrogen (secondary N) is 2. The second-order valence-electron chi connectivity index (χ2n) is 6.97. The number of benzene rings is 1. The highest BCUT2D eigenvalue weighted by atomic mass is 32.1. The molecule has 0 saturated heterocycles. The van der Waals surface area contributed by atoms with E-state index in [4.69, 9.17) is 9.15 Å². The van der Waals surface area contributed by atoms with Crippen molar-refractivity contribution in [3.63, 3.8) is 0 Å². The van der Waals surface area contributed by atoms with Gasteiger partial charge in [0.05, 0.1) is 18.4 Å². The lowest BCUT2D eigenvalue weighted by molar-refractivity contribution is -0.118. The average Bonchev–Trinajstić information content (AvgIpc) is 3.39. The molecule has 0 saturated carbocycles. The van der Waals surface area contributed by atoms with E-state index >= 15 is 0 Å². The maximum absolute atomic E-state index is 13.0. The average molecular weight is 428 g/mol. The summed E-state index contributed by atoms with van der Waals surface area (Å²) in [6, 6.07) is 9.00. The van der Waals surface area contributed by atoms with Crippen LogP contribution in [-0.2, 0) is 24.2 Å². The Kier molecular flexibility index (Phi) is 6.13. The van der Waals surface area contributed by atoms with Gasteiger partial charge in [-0.1, -0.05) is 0 Å². The molecule has 0 bridgehead atoms. The summed E-state index contributed by atoms with van der Waals surface area (Å²) in [5, 5.41) is 6.22. The van der Waals surface area contributed by atoms with Gasteiger partial charge in [-0.25, -0.2) is 4.39 Å². The summed E-state index contributed by atoms with van der Waals surface area (Å²) in [5.41, 5.74) is 1.54. The van der Waals surface area contributed by atoms with Crippen LogP contribution in [0.3, 0.4) is 0 Å². The number of carbonyl (C=O) groups is 2. The number of carbonyl (C=O) groups excluding carboxylic acids is 2. The van der Waals surface area contributed by atoms with Gasteiger partial charge >= 0.3 is 0 Å². The number of halogens is 1. The quantitative estimate of drug-likeness (QED) is 0.588. The standard InChI is InChI=1S/C22H21FN2O4S/c23-14-7-9-15(10-8-14)29-13-19(26)25-22-20(17-5-1-2-6-18(17)30-22)21(27)24-12-16-4-3-11-28-16/h3-4,7-11H,1-2,5-6,12-13H2,(H,24,27)(H,25,26). The van der Waals surface area contributed by atoms with E-state index in [1.54, 1.807) is 18.4 Å². The Labute approximate surface area is 177 Å². The molecule has 0 aliphatic heterocycles. The van der Waals surface area contributed by atoms with Crippen molar-refractivity contribution in [1.82, 2.24) is 5.32 Å². The van der Waals surface area contributed by atoms with Gasteiger partial charge in [0, 0.05) is 4.88 Å². The third kappa shape index (κ3) is 4.71. The van der Waals surface area contributed by atoms with Crippen LogP contribution in [-0.4, -0.2) is 18.4 Å². The number of hydrogen-bond donors (Lipinski definition) is 2. The van der Waals surface area contributed by atoms with Gasteiger partial charge in [-0.05, 0) is 67.6 Å². The van der Waals surface area contributed by atoms with Crippen LogP contribution < -0.4 is 15.4 Å². The Balaban J connectivity index is 1.46. The lowest BCUT2D eigenvalue weighted by atomic mass is 9.95. The number of fused-ring (bicyclic) bond motifs is 1. The minimum Gasteiger partial charge on any atom is -0.484 e. The monoisotopic (exact) mass is 428 g/mol. The van der Waals surface area contributed by atoms with Crippen molar-refractivity contribution in [2.24, 2.45) is 0 Å². The van der Waals surface area contributed by atoms with Crippen molar-refractivity contribution < 1.29 is 23.1 Å². The first-order chi connectivity index (χ1) is 14.6. The summed E-state index contributed by atoms with van der Waals surface area (Å²) < 4.78 is 23.7. The molecule has 0 atom stereocenters. The van der Waals surface area contributed by atoms with Gasteiger partial charge in [0.15, 0.2) is 6.61 Å². The highest BCUT2D eigenvalue weighted by Gasteiger charge is 2.26. The zero-order valence-corrected chi connectivity index (χ0v) is 17.0. The molecule has 156 valence electrons. The van der Waals surface area contributed by atoms with E-state index < -0.39 is 0 Å². The van der Waals surface area contributed by atoms with Gasteiger partial charge in [-0.3, -0.25) is 9.59 Å². The molecule has 4 rings (SSSR count). The number of ether oxygens (including phenoxy) is 1. The Morgan fingerprint density at radius 2 is 1.93 bits per heavy atom. The molecule has 8 heteroatoms. The number of aryl methyl sites for hydroxylation is 1. The molecule has 1 aliphatic rings. The number of amides is 2. The number of furan rings is 1. The normalized spacial score (nSPS) is 12.8. The van der Waals surface area contributed by atoms with Crippen LogP contribution in [0.5, 0.6) is 5.75 Å². The van der Waals surface area contributed by atoms with Gasteiger partial charge in [-0.15, -0.1) is 11.3 Å². The van der Waals surface area contributed by atoms with E-state index in [0.29, 0.717) is 22.1 Å². The maximum atomic E-state index is 13.0. The lowest BCUT2D eigenvalue weighted by Gasteiger charge is -2.13. The first-order valence-corrected chi connectivity index (χ1v) is 10.5. The van der Waals surface area contributed by atoms with Gasteiger partial charge in [0.1, 0.15) is 22.3 Å². The van der Waals surface area contributed by atoms with Crippen molar-refractivity contribution >= 4 is 28.2 Å². The molecular weight excluding hydrogens is 407 g/mol. The SMILES string of the molecule is O=C(COc1ccc(F)cc1)Nc1sc2c(c1C(=O)NCc1ccco1)CCCC2. The van der Waals surface area contributed by atoms with Crippen molar-refractivity contribution in [1.29, 1.82) is 0 Å². The van der Waals surface area contributed by atoms with Crippen molar-refractivity contribution in [2.75, 3.05) is 11.9 Å². The first-order valence-electron chi connectivity index (χ1n) is 9.73. The largest absolute Gasteiger partial charge is 0.484 e. The molecular formula is C22H21FN2O4S. The topological polar surface area (TPSA) is 80.6 Å². The van der Waals surface area contributed by atoms with Crippen LogP contribution >= 0.6 is 11.3 Å². The summed E-state index contributed by atoms with van der Waals surface area (Å²) in [7, 11) is 0. The summed E-state index contributed by atoms with van der Waals surface area (Å²) in [4.78, 5) is 26.5. The zero-order valence-electron chi connectivity index (χ0n) is 16.2. The second-order valence-corrected chi connectivity index (χ2v) is 8.07. The molecule has 1 aliphatic carbocycles. The zero-order chi connectivity index (χ0) is 20.9. The summed E-state index contributed by atoms with van der Waals surface area (Å²) in [5.74, 6) is 0.0684. The fraction of sp³-hybridized carbons (Fsp3) is 0.273. The highest BCUT2D eigenvalue weighted by molar-refractivity contribution is 7.17. The summed E-state index contributed by atoms with van der Waals surface area (Å²) in [6.45, 7) is 0.0408. The van der Waals surface area contributed by atoms with Gasteiger partial charge in [0.2, 0.25) is 0 Å². The van der Waals surface area contributed by atoms with E-state index in [9.17, 15) is 14.0 Å². The molecule has 1 aromatic carbocycles. The van der Waals surface area contributed by atoms with Gasteiger partial charge < -0.3 is 19.8 Å². The molecule has 2 N–H and O–H groups in total. The molecule has 6 nitrogen and oxygen atoms in total. The minimum absolute atomic E-state index is 0.234. The molecule has 2 aromatic heterocycles. The smallest absolute Gasteiger partial charge is 0.262 e. The summed E-state index contributed by atoms with van der Waals surface area (Å²) >= 11 is 1.44. The van der Waals surface area contributed by atoms with Gasteiger partial charge in [-0.2, -0.15) is 0 Å². The van der Waals surface area contributed by atoms with Crippen LogP contribution in [0.4, 0.5) is 9.39 Å². The van der Waals surface area contributed by atoms with Gasteiger partial charge in [0.25, 0.3) is 11.8 Å². The molecule has 30 heavy (non-hydrogen) atoms. The molecule has 2 amide bonds. The Hall–Kier alpha value is -3.13. The minimum atomic E-state index is -0.377. The fourth-order valence-corrected chi connectivity index (χ4v) is 4.71. The van der Waals surface area contributed by atoms with Crippen LogP contribution in [0, 0.1) is 5.82 Å². The number of hydrogen-bond acceptors (Lipinski definition) is 5.